The van der Waals surface area contributed by atoms with E-state index in [0.29, 0.717) is 12.6 Å². The molecule has 19 heavy (non-hydrogen) atoms. The molecular formula is C15H22N2OS. The highest BCUT2D eigenvalue weighted by Gasteiger charge is 2.21. The third-order valence-electron chi connectivity index (χ3n) is 2.98. The second-order valence-corrected chi connectivity index (χ2v) is 7.04. The molecule has 1 aliphatic rings. The summed E-state index contributed by atoms with van der Waals surface area (Å²) in [6, 6.07) is 8.74. The third kappa shape index (κ3) is 4.25. The highest BCUT2D eigenvalue weighted by Crippen LogP contribution is 2.35. The van der Waals surface area contributed by atoms with E-state index in [1.807, 2.05) is 32.5 Å². The van der Waals surface area contributed by atoms with E-state index in [9.17, 15) is 4.79 Å². The molecule has 3 nitrogen and oxygen atoms in total. The highest BCUT2D eigenvalue weighted by atomic mass is 32.2. The van der Waals surface area contributed by atoms with E-state index in [0.717, 1.165) is 12.2 Å². The quantitative estimate of drug-likeness (QED) is 0.893. The van der Waals surface area contributed by atoms with Gasteiger partial charge in [0.05, 0.1) is 6.54 Å². The van der Waals surface area contributed by atoms with Crippen molar-refractivity contribution < 1.29 is 4.79 Å². The molecule has 0 spiro atoms. The normalized spacial score (nSPS) is 18.8. The zero-order valence-electron chi connectivity index (χ0n) is 11.8. The van der Waals surface area contributed by atoms with Crippen molar-refractivity contribution >= 4 is 17.7 Å². The van der Waals surface area contributed by atoms with Gasteiger partial charge in [0.15, 0.2) is 0 Å². The van der Waals surface area contributed by atoms with Crippen LogP contribution in [0.5, 0.6) is 0 Å². The SMILES string of the molecule is CC(C)(C)NC(=O)CNC1CCSc2ccccc21. The molecule has 0 saturated carbocycles. The van der Waals surface area contributed by atoms with Crippen molar-refractivity contribution in [2.75, 3.05) is 12.3 Å². The average Bonchev–Trinajstić information content (AvgIpc) is 2.34. The molecule has 2 N–H and O–H groups in total. The lowest BCUT2D eigenvalue weighted by atomic mass is 10.0. The van der Waals surface area contributed by atoms with Gasteiger partial charge in [0.2, 0.25) is 5.91 Å². The van der Waals surface area contributed by atoms with E-state index >= 15 is 0 Å². The summed E-state index contributed by atoms with van der Waals surface area (Å²) in [5, 5.41) is 6.35. The van der Waals surface area contributed by atoms with Gasteiger partial charge in [-0.15, -0.1) is 11.8 Å². The lowest BCUT2D eigenvalue weighted by molar-refractivity contribution is -0.121. The summed E-state index contributed by atoms with van der Waals surface area (Å²) in [4.78, 5) is 13.2. The molecule has 0 radical (unpaired) electrons. The second kappa shape index (κ2) is 5.97. The summed E-state index contributed by atoms with van der Waals surface area (Å²) < 4.78 is 0. The third-order valence-corrected chi connectivity index (χ3v) is 4.10. The maximum Gasteiger partial charge on any atom is 0.234 e. The van der Waals surface area contributed by atoms with Gasteiger partial charge in [-0.1, -0.05) is 18.2 Å². The summed E-state index contributed by atoms with van der Waals surface area (Å²) in [6.07, 6.45) is 1.07. The van der Waals surface area contributed by atoms with Crippen LogP contribution in [-0.2, 0) is 4.79 Å². The molecule has 0 fully saturated rings. The zero-order valence-corrected chi connectivity index (χ0v) is 12.6. The first kappa shape index (κ1) is 14.4. The molecule has 0 saturated heterocycles. The number of amides is 1. The van der Waals surface area contributed by atoms with Crippen molar-refractivity contribution in [1.29, 1.82) is 0 Å². The number of nitrogens with one attached hydrogen (secondary N) is 2. The smallest absolute Gasteiger partial charge is 0.234 e. The molecule has 1 atom stereocenters. The first-order chi connectivity index (χ1) is 8.96. The summed E-state index contributed by atoms with van der Waals surface area (Å²) >= 11 is 1.90. The van der Waals surface area contributed by atoms with Crippen LogP contribution in [0.4, 0.5) is 0 Å². The van der Waals surface area contributed by atoms with Crippen molar-refractivity contribution in [3.8, 4) is 0 Å². The van der Waals surface area contributed by atoms with Gasteiger partial charge in [0, 0.05) is 16.5 Å². The highest BCUT2D eigenvalue weighted by molar-refractivity contribution is 7.99. The minimum absolute atomic E-state index is 0.0585. The van der Waals surface area contributed by atoms with Crippen molar-refractivity contribution in [2.24, 2.45) is 0 Å². The fourth-order valence-corrected chi connectivity index (χ4v) is 3.36. The van der Waals surface area contributed by atoms with Crippen LogP contribution in [0.3, 0.4) is 0 Å². The predicted molar refractivity (Wildman–Crippen MR) is 80.4 cm³/mol. The molecule has 104 valence electrons. The van der Waals surface area contributed by atoms with E-state index < -0.39 is 0 Å². The Morgan fingerprint density at radius 3 is 2.84 bits per heavy atom. The minimum atomic E-state index is -0.168. The molecule has 1 aliphatic heterocycles. The molecule has 1 amide bonds. The maximum atomic E-state index is 11.8. The van der Waals surface area contributed by atoms with Gasteiger partial charge < -0.3 is 10.6 Å². The Morgan fingerprint density at radius 1 is 1.37 bits per heavy atom. The number of hydrogen-bond acceptors (Lipinski definition) is 3. The monoisotopic (exact) mass is 278 g/mol. The van der Waals surface area contributed by atoms with Gasteiger partial charge in [0.25, 0.3) is 0 Å². The zero-order chi connectivity index (χ0) is 13.9. The van der Waals surface area contributed by atoms with Gasteiger partial charge >= 0.3 is 0 Å². The molecule has 1 heterocycles. The second-order valence-electron chi connectivity index (χ2n) is 5.91. The van der Waals surface area contributed by atoms with Crippen molar-refractivity contribution in [2.45, 2.75) is 43.7 Å². The van der Waals surface area contributed by atoms with E-state index in [4.69, 9.17) is 0 Å². The van der Waals surface area contributed by atoms with Crippen LogP contribution >= 0.6 is 11.8 Å². The van der Waals surface area contributed by atoms with Gasteiger partial charge in [-0.2, -0.15) is 0 Å². The Morgan fingerprint density at radius 2 is 2.11 bits per heavy atom. The standard InChI is InChI=1S/C15H22N2OS/c1-15(2,3)17-14(18)10-16-12-8-9-19-13-7-5-4-6-11(12)13/h4-7,12,16H,8-10H2,1-3H3,(H,17,18). The number of rotatable bonds is 3. The average molecular weight is 278 g/mol. The molecular weight excluding hydrogens is 256 g/mol. The van der Waals surface area contributed by atoms with Crippen molar-refractivity contribution in [1.82, 2.24) is 10.6 Å². The van der Waals surface area contributed by atoms with E-state index in [2.05, 4.69) is 34.9 Å². The Bertz CT molecular complexity index is 454. The number of carbonyl (C=O) groups is 1. The Balaban J connectivity index is 1.93. The molecule has 0 aromatic heterocycles. The van der Waals surface area contributed by atoms with Crippen LogP contribution in [-0.4, -0.2) is 23.7 Å². The van der Waals surface area contributed by atoms with Crippen molar-refractivity contribution in [3.63, 3.8) is 0 Å². The van der Waals surface area contributed by atoms with E-state index in [1.165, 1.54) is 10.5 Å². The van der Waals surface area contributed by atoms with Crippen LogP contribution in [0.15, 0.2) is 29.2 Å². The maximum absolute atomic E-state index is 11.8. The number of fused-ring (bicyclic) bond motifs is 1. The summed E-state index contributed by atoms with van der Waals surface area (Å²) in [5.41, 5.74) is 1.15. The topological polar surface area (TPSA) is 41.1 Å². The van der Waals surface area contributed by atoms with Crippen LogP contribution in [0.25, 0.3) is 0 Å². The van der Waals surface area contributed by atoms with E-state index in [1.54, 1.807) is 0 Å². The van der Waals surface area contributed by atoms with Crippen LogP contribution in [0, 0.1) is 0 Å². The molecule has 1 aromatic rings. The number of hydrogen-bond donors (Lipinski definition) is 2. The van der Waals surface area contributed by atoms with Crippen LogP contribution in [0.2, 0.25) is 0 Å². The van der Waals surface area contributed by atoms with Crippen LogP contribution in [0.1, 0.15) is 38.8 Å². The van der Waals surface area contributed by atoms with Gasteiger partial charge in [-0.05, 0) is 44.6 Å². The summed E-state index contributed by atoms with van der Waals surface area (Å²) in [5.74, 6) is 1.17. The Kier molecular flexibility index (Phi) is 4.53. The molecule has 1 aromatic carbocycles. The van der Waals surface area contributed by atoms with E-state index in [-0.39, 0.29) is 11.4 Å². The molecule has 2 rings (SSSR count). The first-order valence-corrected chi connectivity index (χ1v) is 7.70. The van der Waals surface area contributed by atoms with Crippen molar-refractivity contribution in [3.05, 3.63) is 29.8 Å². The fourth-order valence-electron chi connectivity index (χ4n) is 2.23. The van der Waals surface area contributed by atoms with Gasteiger partial charge in [0.1, 0.15) is 0 Å². The number of thioether (sulfide) groups is 1. The Hall–Kier alpha value is -1.00. The predicted octanol–water partition coefficient (Wildman–Crippen LogP) is 2.73. The van der Waals surface area contributed by atoms with Crippen LogP contribution < -0.4 is 10.6 Å². The van der Waals surface area contributed by atoms with Gasteiger partial charge in [-0.25, -0.2) is 0 Å². The Labute approximate surface area is 119 Å². The summed E-state index contributed by atoms with van der Waals surface area (Å²) in [6.45, 7) is 6.37. The molecule has 4 heteroatoms. The fraction of sp³-hybridized carbons (Fsp3) is 0.533. The molecule has 1 unspecified atom stereocenters. The summed E-state index contributed by atoms with van der Waals surface area (Å²) in [7, 11) is 0. The lowest BCUT2D eigenvalue weighted by Crippen LogP contribution is -2.45. The van der Waals surface area contributed by atoms with Gasteiger partial charge in [-0.3, -0.25) is 4.79 Å². The largest absolute Gasteiger partial charge is 0.350 e. The number of benzene rings is 1. The number of carbonyl (C=O) groups excluding carboxylic acids is 1. The molecule has 0 aliphatic carbocycles. The lowest BCUT2D eigenvalue weighted by Gasteiger charge is -2.27. The molecule has 0 bridgehead atoms. The first-order valence-electron chi connectivity index (χ1n) is 6.72. The minimum Gasteiger partial charge on any atom is -0.350 e.